The first kappa shape index (κ1) is 38.7. The van der Waals surface area contributed by atoms with E-state index in [9.17, 15) is 20.1 Å². The standard InChI is InChI=1S/C44H56N2O5/c1-29-12-5-6-25-51-28-34(18-8-15-30(2)14-7-13-29)36-22-23-44(41(36)49)38(21-11-24-47)40-31(3)39(48)26-32-16-9-20-37(42(45)46)35(32)19-10-17-33(40)27-43(44,4)50/h8-9,13,15-16,18,20,33,36,38,41-42,47,49-50H,2,7,11-12,14,19,21-28,45-46H2,1,3-4H3/b15-8+,29-13-,34-18+,40-31+/t33-,36+,38+,41+,43+,44+/m0/s1. The maximum Gasteiger partial charge on any atom is 0.162 e. The van der Waals surface area contributed by atoms with Crippen molar-refractivity contribution >= 4 is 5.78 Å². The summed E-state index contributed by atoms with van der Waals surface area (Å²) in [7, 11) is 0. The molecule has 2 fully saturated rings. The van der Waals surface area contributed by atoms with E-state index in [1.807, 2.05) is 50.3 Å². The molecule has 1 spiro atoms. The van der Waals surface area contributed by atoms with Crippen molar-refractivity contribution in [2.24, 2.45) is 34.6 Å². The average molecular weight is 693 g/mol. The number of allylic oxidation sites excluding steroid dienone is 8. The lowest BCUT2D eigenvalue weighted by Crippen LogP contribution is -2.61. The maximum atomic E-state index is 14.2. The van der Waals surface area contributed by atoms with Crippen molar-refractivity contribution < 1.29 is 24.9 Å². The zero-order valence-corrected chi connectivity index (χ0v) is 30.6. The number of aliphatic hydroxyl groups excluding tert-OH is 2. The number of benzene rings is 1. The van der Waals surface area contributed by atoms with E-state index < -0.39 is 29.2 Å². The number of ketones is 1. The molecule has 2 saturated carbocycles. The second-order valence-corrected chi connectivity index (χ2v) is 15.1. The van der Waals surface area contributed by atoms with Crippen molar-refractivity contribution in [3.8, 4) is 23.7 Å². The molecule has 1 aromatic rings. The van der Waals surface area contributed by atoms with Crippen LogP contribution in [-0.4, -0.2) is 52.6 Å². The van der Waals surface area contributed by atoms with Crippen molar-refractivity contribution in [3.05, 3.63) is 93.6 Å². The molecule has 7 nitrogen and oxygen atoms in total. The third kappa shape index (κ3) is 8.26. The van der Waals surface area contributed by atoms with Gasteiger partial charge in [0.1, 0.15) is 6.61 Å². The Hall–Kier alpha value is -3.53. The molecule has 6 atom stereocenters. The highest BCUT2D eigenvalue weighted by Gasteiger charge is 2.65. The molecule has 272 valence electrons. The van der Waals surface area contributed by atoms with Crippen molar-refractivity contribution in [1.82, 2.24) is 0 Å². The molecule has 51 heavy (non-hydrogen) atoms. The molecule has 3 aliphatic carbocycles. The van der Waals surface area contributed by atoms with Crippen LogP contribution in [0.5, 0.6) is 0 Å². The summed E-state index contributed by atoms with van der Waals surface area (Å²) < 4.78 is 6.08. The van der Waals surface area contributed by atoms with Gasteiger partial charge in [0.2, 0.25) is 0 Å². The summed E-state index contributed by atoms with van der Waals surface area (Å²) in [5.41, 5.74) is 17.2. The SMILES string of the molecule is C=C1/C=C/C=C(/[C@H]2CC[C@@]3([C@H](CCCO)/C4=C(\C)C(=O)Cc5cccc(C(N)N)c5CC#C[C@H]4C[C@@]3(C)O)[C@@H]2O)COCC#CC/C(C)=C\CC1. The Morgan fingerprint density at radius 1 is 1.16 bits per heavy atom. The lowest BCUT2D eigenvalue weighted by atomic mass is 9.50. The molecule has 1 aliphatic heterocycles. The third-order valence-corrected chi connectivity index (χ3v) is 11.8. The van der Waals surface area contributed by atoms with E-state index in [1.165, 1.54) is 5.57 Å². The number of ether oxygens (including phenoxy) is 1. The lowest BCUT2D eigenvalue weighted by Gasteiger charge is -2.57. The molecule has 1 aromatic carbocycles. The van der Waals surface area contributed by atoms with Gasteiger partial charge in [0.15, 0.2) is 5.78 Å². The Balaban J connectivity index is 1.55. The molecular weight excluding hydrogens is 636 g/mol. The zero-order valence-electron chi connectivity index (χ0n) is 30.6. The minimum atomic E-state index is -1.32. The predicted octanol–water partition coefficient (Wildman–Crippen LogP) is 5.70. The van der Waals surface area contributed by atoms with Gasteiger partial charge >= 0.3 is 0 Å². The van der Waals surface area contributed by atoms with E-state index in [2.05, 4.69) is 43.3 Å². The van der Waals surface area contributed by atoms with Gasteiger partial charge in [0.25, 0.3) is 0 Å². The summed E-state index contributed by atoms with van der Waals surface area (Å²) in [6.07, 6.45) is 12.1. The lowest BCUT2D eigenvalue weighted by molar-refractivity contribution is -0.173. The van der Waals surface area contributed by atoms with E-state index in [4.69, 9.17) is 16.2 Å². The Morgan fingerprint density at radius 2 is 1.96 bits per heavy atom. The van der Waals surface area contributed by atoms with Crippen LogP contribution in [0, 0.1) is 46.9 Å². The summed E-state index contributed by atoms with van der Waals surface area (Å²) in [6, 6.07) is 5.71. The van der Waals surface area contributed by atoms with E-state index in [1.54, 1.807) is 0 Å². The van der Waals surface area contributed by atoms with Crippen molar-refractivity contribution in [3.63, 3.8) is 0 Å². The Labute approximate surface area is 304 Å². The molecule has 0 bridgehead atoms. The third-order valence-electron chi connectivity index (χ3n) is 11.8. The molecule has 1 heterocycles. The monoisotopic (exact) mass is 692 g/mol. The van der Waals surface area contributed by atoms with E-state index in [0.29, 0.717) is 50.7 Å². The first-order valence-electron chi connectivity index (χ1n) is 18.5. The molecule has 4 aliphatic rings. The second kappa shape index (κ2) is 16.9. The number of carbonyl (C=O) groups is 1. The fourth-order valence-corrected chi connectivity index (χ4v) is 9.16. The van der Waals surface area contributed by atoms with Crippen LogP contribution in [-0.2, 0) is 22.4 Å². The zero-order chi connectivity index (χ0) is 36.8. The van der Waals surface area contributed by atoms with E-state index >= 15 is 0 Å². The molecule has 0 radical (unpaired) electrons. The van der Waals surface area contributed by atoms with Crippen molar-refractivity contribution in [1.29, 1.82) is 0 Å². The summed E-state index contributed by atoms with van der Waals surface area (Å²) in [6.45, 7) is 10.6. The molecule has 0 unspecified atom stereocenters. The topological polar surface area (TPSA) is 139 Å². The first-order valence-corrected chi connectivity index (χ1v) is 18.5. The summed E-state index contributed by atoms with van der Waals surface area (Å²) in [4.78, 5) is 14.2. The minimum absolute atomic E-state index is 0.0211. The van der Waals surface area contributed by atoms with Gasteiger partial charge in [-0.1, -0.05) is 83.9 Å². The molecule has 0 aromatic heterocycles. The van der Waals surface area contributed by atoms with Crippen LogP contribution in [0.1, 0.15) is 95.0 Å². The highest BCUT2D eigenvalue weighted by molar-refractivity contribution is 5.97. The number of carbonyl (C=O) groups excluding carboxylic acids is 1. The van der Waals surface area contributed by atoms with Gasteiger partial charge in [0, 0.05) is 43.1 Å². The number of rotatable bonds is 5. The number of nitrogens with two attached hydrogens (primary N) is 2. The molecule has 7 heteroatoms. The summed E-state index contributed by atoms with van der Waals surface area (Å²) in [5, 5.41) is 35.3. The van der Waals surface area contributed by atoms with Gasteiger partial charge in [-0.3, -0.25) is 4.79 Å². The van der Waals surface area contributed by atoms with Gasteiger partial charge in [-0.15, -0.1) is 0 Å². The Bertz CT molecular complexity index is 1740. The number of hydrogen-bond acceptors (Lipinski definition) is 7. The Morgan fingerprint density at radius 3 is 2.73 bits per heavy atom. The van der Waals surface area contributed by atoms with Crippen LogP contribution in [0.3, 0.4) is 0 Å². The summed E-state index contributed by atoms with van der Waals surface area (Å²) >= 11 is 0. The van der Waals surface area contributed by atoms with Gasteiger partial charge in [-0.05, 0) is 105 Å². The smallest absolute Gasteiger partial charge is 0.162 e. The molecule has 0 amide bonds. The van der Waals surface area contributed by atoms with Crippen LogP contribution < -0.4 is 11.5 Å². The van der Waals surface area contributed by atoms with Gasteiger partial charge < -0.3 is 31.5 Å². The van der Waals surface area contributed by atoms with Crippen LogP contribution >= 0.6 is 0 Å². The number of fused-ring (bicyclic) bond motifs is 2. The predicted molar refractivity (Wildman–Crippen MR) is 203 cm³/mol. The van der Waals surface area contributed by atoms with Gasteiger partial charge in [0.05, 0.1) is 24.5 Å². The minimum Gasteiger partial charge on any atom is -0.396 e. The fraction of sp³-hybridized carbons (Fsp3) is 0.523. The van der Waals surface area contributed by atoms with Crippen molar-refractivity contribution in [2.75, 3.05) is 19.8 Å². The number of aliphatic hydroxyl groups is 3. The van der Waals surface area contributed by atoms with E-state index in [0.717, 1.165) is 46.3 Å². The number of hydrogen-bond donors (Lipinski definition) is 5. The number of Topliss-reactive ketones (excluding diaryl/α,β-unsaturated/α-hetero) is 1. The Kier molecular flexibility index (Phi) is 12.8. The molecule has 7 N–H and O–H groups in total. The second-order valence-electron chi connectivity index (χ2n) is 15.1. The maximum absolute atomic E-state index is 14.2. The summed E-state index contributed by atoms with van der Waals surface area (Å²) in [5.74, 6) is 12.1. The van der Waals surface area contributed by atoms with Crippen LogP contribution in [0.15, 0.2) is 76.9 Å². The van der Waals surface area contributed by atoms with E-state index in [-0.39, 0.29) is 43.7 Å². The highest BCUT2D eigenvalue weighted by Crippen LogP contribution is 2.64. The van der Waals surface area contributed by atoms with Crippen LogP contribution in [0.2, 0.25) is 0 Å². The quantitative estimate of drug-likeness (QED) is 0.152. The van der Waals surface area contributed by atoms with Gasteiger partial charge in [-0.2, -0.15) is 0 Å². The highest BCUT2D eigenvalue weighted by atomic mass is 16.5. The molecule has 0 saturated heterocycles. The van der Waals surface area contributed by atoms with Gasteiger partial charge in [-0.25, -0.2) is 0 Å². The molecule has 5 rings (SSSR count). The van der Waals surface area contributed by atoms with Crippen LogP contribution in [0.4, 0.5) is 0 Å². The van der Waals surface area contributed by atoms with Crippen LogP contribution in [0.25, 0.3) is 0 Å². The normalized spacial score (nSPS) is 34.7. The fourth-order valence-electron chi connectivity index (χ4n) is 9.16. The first-order chi connectivity index (χ1) is 24.4. The largest absolute Gasteiger partial charge is 0.396 e. The molecular formula is C44H56N2O5. The van der Waals surface area contributed by atoms with Crippen molar-refractivity contribution in [2.45, 2.75) is 103 Å². The average Bonchev–Trinajstić information content (AvgIpc) is 3.43.